The fourth-order valence-electron chi connectivity index (χ4n) is 1.96. The van der Waals surface area contributed by atoms with Gasteiger partial charge in [-0.1, -0.05) is 11.6 Å². The molecule has 1 aromatic heterocycles. The third-order valence-corrected chi connectivity index (χ3v) is 3.44. The monoisotopic (exact) mass is 270 g/mol. The molecule has 0 aliphatic carbocycles. The first-order valence-electron chi connectivity index (χ1n) is 5.82. The molecule has 6 heteroatoms. The summed E-state index contributed by atoms with van der Waals surface area (Å²) in [5, 5.41) is 12.3. The van der Waals surface area contributed by atoms with E-state index in [1.807, 2.05) is 6.92 Å². The molecule has 1 saturated heterocycles. The van der Waals surface area contributed by atoms with Crippen molar-refractivity contribution in [1.82, 2.24) is 4.98 Å². The van der Waals surface area contributed by atoms with Crippen LogP contribution in [-0.2, 0) is 4.74 Å². The summed E-state index contributed by atoms with van der Waals surface area (Å²) in [4.78, 5) is 14.8. The zero-order chi connectivity index (χ0) is 13.1. The second-order valence-corrected chi connectivity index (χ2v) is 4.77. The average molecular weight is 271 g/mol. The highest BCUT2D eigenvalue weighted by Crippen LogP contribution is 2.24. The number of carboxylic acids is 1. The Morgan fingerprint density at radius 3 is 3.06 bits per heavy atom. The lowest BCUT2D eigenvalue weighted by atomic mass is 10.0. The number of hydrogen-bond acceptors (Lipinski definition) is 4. The van der Waals surface area contributed by atoms with E-state index in [-0.39, 0.29) is 11.7 Å². The molecule has 98 valence electrons. The van der Waals surface area contributed by atoms with Gasteiger partial charge in [0.1, 0.15) is 5.82 Å². The summed E-state index contributed by atoms with van der Waals surface area (Å²) in [5.41, 5.74) is 0.0862. The largest absolute Gasteiger partial charge is 0.478 e. The van der Waals surface area contributed by atoms with Crippen LogP contribution in [0.1, 0.15) is 23.7 Å². The smallest absolute Gasteiger partial charge is 0.337 e. The van der Waals surface area contributed by atoms with Crippen LogP contribution in [0, 0.1) is 5.92 Å². The third-order valence-electron chi connectivity index (χ3n) is 3.15. The Labute approximate surface area is 110 Å². The normalized spacial score (nSPS) is 23.0. The van der Waals surface area contributed by atoms with Crippen LogP contribution >= 0.6 is 11.6 Å². The number of ether oxygens (including phenoxy) is 1. The number of hydrogen-bond donors (Lipinski definition) is 2. The van der Waals surface area contributed by atoms with Gasteiger partial charge in [0.05, 0.1) is 16.7 Å². The van der Waals surface area contributed by atoms with Crippen LogP contribution in [-0.4, -0.2) is 35.3 Å². The molecule has 0 aromatic carbocycles. The Hall–Kier alpha value is -1.33. The third kappa shape index (κ3) is 2.91. The van der Waals surface area contributed by atoms with Crippen LogP contribution in [0.2, 0.25) is 5.02 Å². The topological polar surface area (TPSA) is 71.5 Å². The van der Waals surface area contributed by atoms with Gasteiger partial charge in [-0.3, -0.25) is 0 Å². The minimum atomic E-state index is -1.03. The van der Waals surface area contributed by atoms with Gasteiger partial charge < -0.3 is 15.2 Å². The molecular formula is C12H15ClN2O3. The van der Waals surface area contributed by atoms with Crippen LogP contribution in [0.25, 0.3) is 0 Å². The number of carbonyl (C=O) groups is 1. The highest BCUT2D eigenvalue weighted by molar-refractivity contribution is 6.33. The molecule has 2 N–H and O–H groups in total. The first-order valence-corrected chi connectivity index (χ1v) is 6.20. The molecule has 1 fully saturated rings. The first kappa shape index (κ1) is 13.1. The molecule has 2 unspecified atom stereocenters. The van der Waals surface area contributed by atoms with E-state index in [0.717, 1.165) is 19.6 Å². The van der Waals surface area contributed by atoms with Crippen molar-refractivity contribution in [3.05, 3.63) is 22.8 Å². The number of carboxylic acid groups (broad SMARTS) is 1. The molecule has 0 bridgehead atoms. The van der Waals surface area contributed by atoms with E-state index in [2.05, 4.69) is 10.3 Å². The number of rotatable bonds is 4. The standard InChI is InChI=1S/C12H15ClN2O3/c1-7-8(2-3-18-7)5-14-11-10(13)4-9(6-15-11)12(16)17/h4,6-8H,2-3,5H2,1H3,(H,14,15)(H,16,17). The molecule has 1 aromatic rings. The summed E-state index contributed by atoms with van der Waals surface area (Å²) in [6.45, 7) is 3.55. The van der Waals surface area contributed by atoms with Crippen molar-refractivity contribution >= 4 is 23.4 Å². The maximum Gasteiger partial charge on any atom is 0.337 e. The van der Waals surface area contributed by atoms with E-state index in [0.29, 0.717) is 16.8 Å². The SMILES string of the molecule is CC1OCCC1CNc1ncc(C(=O)O)cc1Cl. The number of aromatic nitrogens is 1. The molecule has 18 heavy (non-hydrogen) atoms. The number of halogens is 1. The van der Waals surface area contributed by atoms with Crippen molar-refractivity contribution in [3.63, 3.8) is 0 Å². The molecule has 0 spiro atoms. The molecule has 2 heterocycles. The van der Waals surface area contributed by atoms with Gasteiger partial charge in [0.2, 0.25) is 0 Å². The summed E-state index contributed by atoms with van der Waals surface area (Å²) in [7, 11) is 0. The minimum Gasteiger partial charge on any atom is -0.478 e. The molecule has 1 aliphatic rings. The van der Waals surface area contributed by atoms with E-state index < -0.39 is 5.97 Å². The Kier molecular flexibility index (Phi) is 4.04. The van der Waals surface area contributed by atoms with Crippen molar-refractivity contribution in [2.24, 2.45) is 5.92 Å². The van der Waals surface area contributed by atoms with E-state index in [1.54, 1.807) is 0 Å². The quantitative estimate of drug-likeness (QED) is 0.878. The fourth-order valence-corrected chi connectivity index (χ4v) is 2.19. The summed E-state index contributed by atoms with van der Waals surface area (Å²) in [5.74, 6) is -0.0865. The zero-order valence-corrected chi connectivity index (χ0v) is 10.8. The summed E-state index contributed by atoms with van der Waals surface area (Å²) in [6.07, 6.45) is 2.54. The average Bonchev–Trinajstić information content (AvgIpc) is 2.73. The van der Waals surface area contributed by atoms with E-state index in [9.17, 15) is 4.79 Å². The lowest BCUT2D eigenvalue weighted by Gasteiger charge is -2.15. The first-order chi connectivity index (χ1) is 8.58. The Balaban J connectivity index is 1.99. The molecule has 1 aliphatic heterocycles. The van der Waals surface area contributed by atoms with Gasteiger partial charge in [0, 0.05) is 25.3 Å². The van der Waals surface area contributed by atoms with E-state index in [1.165, 1.54) is 12.3 Å². The molecule has 2 atom stereocenters. The summed E-state index contributed by atoms with van der Waals surface area (Å²) in [6, 6.07) is 1.40. The van der Waals surface area contributed by atoms with Gasteiger partial charge in [-0.2, -0.15) is 0 Å². The number of nitrogens with zero attached hydrogens (tertiary/aromatic N) is 1. The maximum absolute atomic E-state index is 10.7. The zero-order valence-electron chi connectivity index (χ0n) is 10.0. The minimum absolute atomic E-state index is 0.0862. The van der Waals surface area contributed by atoms with Gasteiger partial charge in [-0.05, 0) is 19.4 Å². The van der Waals surface area contributed by atoms with Crippen LogP contribution in [0.15, 0.2) is 12.3 Å². The lowest BCUT2D eigenvalue weighted by Crippen LogP contribution is -2.21. The van der Waals surface area contributed by atoms with E-state index >= 15 is 0 Å². The lowest BCUT2D eigenvalue weighted by molar-refractivity contribution is 0.0696. The van der Waals surface area contributed by atoms with Crippen molar-refractivity contribution < 1.29 is 14.6 Å². The molecule has 0 radical (unpaired) electrons. The maximum atomic E-state index is 10.7. The summed E-state index contributed by atoms with van der Waals surface area (Å²) >= 11 is 5.98. The van der Waals surface area contributed by atoms with Gasteiger partial charge in [0.15, 0.2) is 0 Å². The Bertz CT molecular complexity index is 453. The predicted molar refractivity (Wildman–Crippen MR) is 68.2 cm³/mol. The van der Waals surface area contributed by atoms with Crippen molar-refractivity contribution in [2.45, 2.75) is 19.4 Å². The van der Waals surface area contributed by atoms with Gasteiger partial charge >= 0.3 is 5.97 Å². The molecule has 0 saturated carbocycles. The molecule has 2 rings (SSSR count). The second-order valence-electron chi connectivity index (χ2n) is 4.37. The second kappa shape index (κ2) is 5.54. The number of anilines is 1. The molecular weight excluding hydrogens is 256 g/mol. The fraction of sp³-hybridized carbons (Fsp3) is 0.500. The van der Waals surface area contributed by atoms with Gasteiger partial charge in [-0.25, -0.2) is 9.78 Å². The van der Waals surface area contributed by atoms with Crippen LogP contribution in [0.5, 0.6) is 0 Å². The Morgan fingerprint density at radius 1 is 1.72 bits per heavy atom. The van der Waals surface area contributed by atoms with Crippen molar-refractivity contribution in [3.8, 4) is 0 Å². The van der Waals surface area contributed by atoms with Crippen LogP contribution in [0.3, 0.4) is 0 Å². The van der Waals surface area contributed by atoms with Crippen LogP contribution < -0.4 is 5.32 Å². The van der Waals surface area contributed by atoms with Gasteiger partial charge in [0.25, 0.3) is 0 Å². The van der Waals surface area contributed by atoms with E-state index in [4.69, 9.17) is 21.4 Å². The van der Waals surface area contributed by atoms with Gasteiger partial charge in [-0.15, -0.1) is 0 Å². The molecule has 0 amide bonds. The number of pyridine rings is 1. The Morgan fingerprint density at radius 2 is 2.50 bits per heavy atom. The highest BCUT2D eigenvalue weighted by Gasteiger charge is 2.24. The van der Waals surface area contributed by atoms with Crippen molar-refractivity contribution in [2.75, 3.05) is 18.5 Å². The van der Waals surface area contributed by atoms with Crippen molar-refractivity contribution in [1.29, 1.82) is 0 Å². The number of nitrogens with one attached hydrogen (secondary N) is 1. The number of aromatic carboxylic acids is 1. The molecule has 5 nitrogen and oxygen atoms in total. The predicted octanol–water partition coefficient (Wildman–Crippen LogP) is 2.27. The summed E-state index contributed by atoms with van der Waals surface area (Å²) < 4.78 is 5.46. The van der Waals surface area contributed by atoms with Crippen LogP contribution in [0.4, 0.5) is 5.82 Å². The highest BCUT2D eigenvalue weighted by atomic mass is 35.5.